The summed E-state index contributed by atoms with van der Waals surface area (Å²) in [5, 5.41) is 12.2. The van der Waals surface area contributed by atoms with E-state index < -0.39 is 5.82 Å². The van der Waals surface area contributed by atoms with E-state index in [0.717, 1.165) is 26.2 Å². The zero-order valence-corrected chi connectivity index (χ0v) is 10.2. The van der Waals surface area contributed by atoms with Crippen molar-refractivity contribution < 1.29 is 4.39 Å². The van der Waals surface area contributed by atoms with Crippen LogP contribution in [0.2, 0.25) is 0 Å². The van der Waals surface area contributed by atoms with Crippen LogP contribution in [-0.2, 0) is 0 Å². The molecule has 0 bridgehead atoms. The van der Waals surface area contributed by atoms with E-state index in [-0.39, 0.29) is 5.56 Å². The highest BCUT2D eigenvalue weighted by molar-refractivity contribution is 9.10. The molecule has 0 saturated carbocycles. The molecule has 1 aromatic carbocycles. The Kier molecular flexibility index (Phi) is 3.42. The Bertz CT molecular complexity index is 436. The van der Waals surface area contributed by atoms with Gasteiger partial charge in [-0.25, -0.2) is 4.39 Å². The number of nitrogens with one attached hydrogen (secondary N) is 1. The number of benzene rings is 1. The van der Waals surface area contributed by atoms with Gasteiger partial charge in [0.1, 0.15) is 17.4 Å². The predicted octanol–water partition coefficient (Wildman–Crippen LogP) is 1.87. The van der Waals surface area contributed by atoms with Gasteiger partial charge >= 0.3 is 0 Å². The maximum absolute atomic E-state index is 13.6. The van der Waals surface area contributed by atoms with Crippen molar-refractivity contribution in [3.8, 4) is 6.07 Å². The van der Waals surface area contributed by atoms with Crippen molar-refractivity contribution in [2.75, 3.05) is 31.1 Å². The third-order valence-electron chi connectivity index (χ3n) is 2.60. The van der Waals surface area contributed by atoms with Gasteiger partial charge in [0.25, 0.3) is 0 Å². The molecule has 16 heavy (non-hydrogen) atoms. The van der Waals surface area contributed by atoms with Gasteiger partial charge in [0.2, 0.25) is 0 Å². The van der Waals surface area contributed by atoms with Crippen molar-refractivity contribution in [3.63, 3.8) is 0 Å². The number of rotatable bonds is 1. The van der Waals surface area contributed by atoms with E-state index in [2.05, 4.69) is 21.2 Å². The molecule has 1 fully saturated rings. The predicted molar refractivity (Wildman–Crippen MR) is 63.9 cm³/mol. The molecule has 0 atom stereocenters. The number of piperazine rings is 1. The number of hydrogen-bond donors (Lipinski definition) is 1. The van der Waals surface area contributed by atoms with E-state index in [0.29, 0.717) is 10.2 Å². The zero-order valence-electron chi connectivity index (χ0n) is 8.63. The normalized spacial score (nSPS) is 15.9. The highest BCUT2D eigenvalue weighted by Crippen LogP contribution is 2.27. The van der Waals surface area contributed by atoms with Crippen LogP contribution in [0.5, 0.6) is 0 Å². The molecule has 5 heteroatoms. The van der Waals surface area contributed by atoms with Crippen LogP contribution in [-0.4, -0.2) is 26.2 Å². The average molecular weight is 284 g/mol. The minimum atomic E-state index is -0.467. The van der Waals surface area contributed by atoms with Crippen molar-refractivity contribution >= 4 is 21.6 Å². The molecule has 1 aliphatic heterocycles. The van der Waals surface area contributed by atoms with E-state index in [9.17, 15) is 4.39 Å². The summed E-state index contributed by atoms with van der Waals surface area (Å²) in [4.78, 5) is 2.03. The Labute approximate surface area is 102 Å². The fourth-order valence-electron chi connectivity index (χ4n) is 1.83. The molecule has 1 aliphatic rings. The monoisotopic (exact) mass is 283 g/mol. The minimum absolute atomic E-state index is 0.130. The first-order chi connectivity index (χ1) is 7.72. The molecule has 0 aliphatic carbocycles. The smallest absolute Gasteiger partial charge is 0.144 e. The molecule has 0 aromatic heterocycles. The van der Waals surface area contributed by atoms with E-state index in [1.165, 1.54) is 6.07 Å². The van der Waals surface area contributed by atoms with Crippen LogP contribution in [0.1, 0.15) is 5.56 Å². The van der Waals surface area contributed by atoms with Gasteiger partial charge in [-0.2, -0.15) is 5.26 Å². The van der Waals surface area contributed by atoms with Gasteiger partial charge in [0.15, 0.2) is 0 Å². The molecule has 1 saturated heterocycles. The van der Waals surface area contributed by atoms with Gasteiger partial charge in [-0.05, 0) is 12.1 Å². The number of nitriles is 1. The summed E-state index contributed by atoms with van der Waals surface area (Å²) in [5.41, 5.74) is 0.806. The summed E-state index contributed by atoms with van der Waals surface area (Å²) in [6.45, 7) is 3.31. The van der Waals surface area contributed by atoms with Crippen LogP contribution in [0.25, 0.3) is 0 Å². The highest BCUT2D eigenvalue weighted by Gasteiger charge is 2.17. The molecule has 0 radical (unpaired) electrons. The average Bonchev–Trinajstić information content (AvgIpc) is 2.29. The first-order valence-electron chi connectivity index (χ1n) is 5.07. The molecule has 84 valence electrons. The first kappa shape index (κ1) is 11.4. The number of hydrogen-bond acceptors (Lipinski definition) is 3. The second kappa shape index (κ2) is 4.81. The van der Waals surface area contributed by atoms with Crippen LogP contribution in [0.3, 0.4) is 0 Å². The van der Waals surface area contributed by atoms with Gasteiger partial charge in [0, 0.05) is 30.7 Å². The maximum Gasteiger partial charge on any atom is 0.144 e. The molecule has 0 amide bonds. The van der Waals surface area contributed by atoms with Crippen LogP contribution in [0.15, 0.2) is 16.6 Å². The SMILES string of the molecule is N#Cc1c(F)cc(Br)cc1N1CCNCC1. The van der Waals surface area contributed by atoms with E-state index in [4.69, 9.17) is 5.26 Å². The van der Waals surface area contributed by atoms with Crippen molar-refractivity contribution in [2.24, 2.45) is 0 Å². The Balaban J connectivity index is 2.42. The molecular weight excluding hydrogens is 273 g/mol. The van der Waals surface area contributed by atoms with Gasteiger partial charge in [-0.15, -0.1) is 0 Å². The Morgan fingerprint density at radius 1 is 1.38 bits per heavy atom. The third kappa shape index (κ3) is 2.18. The standard InChI is InChI=1S/C11H11BrFN3/c12-8-5-10(13)9(7-14)11(6-8)16-3-1-15-2-4-16/h5-6,15H,1-4H2. The largest absolute Gasteiger partial charge is 0.368 e. The summed E-state index contributed by atoms with van der Waals surface area (Å²) in [5.74, 6) is -0.467. The minimum Gasteiger partial charge on any atom is -0.368 e. The first-order valence-corrected chi connectivity index (χ1v) is 5.86. The molecule has 1 heterocycles. The van der Waals surface area contributed by atoms with Gasteiger partial charge in [-0.3, -0.25) is 0 Å². The van der Waals surface area contributed by atoms with E-state index in [1.807, 2.05) is 11.0 Å². The fraction of sp³-hybridized carbons (Fsp3) is 0.364. The Hall–Kier alpha value is -1.12. The van der Waals surface area contributed by atoms with Crippen molar-refractivity contribution in [1.82, 2.24) is 5.32 Å². The highest BCUT2D eigenvalue weighted by atomic mass is 79.9. The summed E-state index contributed by atoms with van der Waals surface area (Å²) in [7, 11) is 0. The Morgan fingerprint density at radius 3 is 2.69 bits per heavy atom. The van der Waals surface area contributed by atoms with Gasteiger partial charge in [-0.1, -0.05) is 15.9 Å². The van der Waals surface area contributed by atoms with Crippen molar-refractivity contribution in [1.29, 1.82) is 5.26 Å². The van der Waals surface area contributed by atoms with Crippen LogP contribution in [0, 0.1) is 17.1 Å². The van der Waals surface area contributed by atoms with Crippen LogP contribution >= 0.6 is 15.9 Å². The molecule has 2 rings (SSSR count). The lowest BCUT2D eigenvalue weighted by molar-refractivity contribution is 0.583. The number of halogens is 2. The number of nitrogens with zero attached hydrogens (tertiary/aromatic N) is 2. The summed E-state index contributed by atoms with van der Waals surface area (Å²) >= 11 is 3.25. The molecule has 1 N–H and O–H groups in total. The fourth-order valence-corrected chi connectivity index (χ4v) is 2.24. The quantitative estimate of drug-likeness (QED) is 0.855. The van der Waals surface area contributed by atoms with Crippen molar-refractivity contribution in [3.05, 3.63) is 28.0 Å². The van der Waals surface area contributed by atoms with Crippen molar-refractivity contribution in [2.45, 2.75) is 0 Å². The summed E-state index contributed by atoms with van der Waals surface area (Å²) in [6, 6.07) is 5.05. The molecule has 1 aromatic rings. The maximum atomic E-state index is 13.6. The van der Waals surface area contributed by atoms with Gasteiger partial charge in [0.05, 0.1) is 5.69 Å². The molecule has 3 nitrogen and oxygen atoms in total. The summed E-state index contributed by atoms with van der Waals surface area (Å²) < 4.78 is 14.2. The Morgan fingerprint density at radius 2 is 2.06 bits per heavy atom. The van der Waals surface area contributed by atoms with Crippen LogP contribution < -0.4 is 10.2 Å². The number of anilines is 1. The molecule has 0 unspecified atom stereocenters. The second-order valence-corrected chi connectivity index (χ2v) is 4.55. The summed E-state index contributed by atoms with van der Waals surface area (Å²) in [6.07, 6.45) is 0. The molecular formula is C11H11BrFN3. The zero-order chi connectivity index (χ0) is 11.5. The lowest BCUT2D eigenvalue weighted by Crippen LogP contribution is -2.43. The molecule has 0 spiro atoms. The van der Waals surface area contributed by atoms with E-state index >= 15 is 0 Å². The van der Waals surface area contributed by atoms with Gasteiger partial charge < -0.3 is 10.2 Å². The third-order valence-corrected chi connectivity index (χ3v) is 3.06. The van der Waals surface area contributed by atoms with E-state index in [1.54, 1.807) is 6.07 Å². The van der Waals surface area contributed by atoms with Crippen LogP contribution in [0.4, 0.5) is 10.1 Å². The second-order valence-electron chi connectivity index (χ2n) is 3.63. The lowest BCUT2D eigenvalue weighted by atomic mass is 10.1. The lowest BCUT2D eigenvalue weighted by Gasteiger charge is -2.30. The topological polar surface area (TPSA) is 39.1 Å².